The number of hydrogen-bond acceptors (Lipinski definition) is 4. The molecule has 2 aromatic heterocycles. The Morgan fingerprint density at radius 3 is 2.63 bits per heavy atom. The minimum absolute atomic E-state index is 0.0930. The Hall–Kier alpha value is -3.44. The highest BCUT2D eigenvalue weighted by Crippen LogP contribution is 2.32. The molecule has 134 valence electrons. The maximum atomic E-state index is 12.2. The predicted molar refractivity (Wildman–Crippen MR) is 104 cm³/mol. The second-order valence-corrected chi connectivity index (χ2v) is 6.63. The van der Waals surface area contributed by atoms with Gasteiger partial charge < -0.3 is 4.98 Å². The highest BCUT2D eigenvalue weighted by atomic mass is 16.1. The van der Waals surface area contributed by atoms with E-state index in [1.807, 2.05) is 50.2 Å². The van der Waals surface area contributed by atoms with Crippen LogP contribution >= 0.6 is 0 Å². The summed E-state index contributed by atoms with van der Waals surface area (Å²) in [4.78, 5) is 19.4. The number of nitriles is 2. The third-order valence-corrected chi connectivity index (χ3v) is 5.08. The van der Waals surface area contributed by atoms with Crippen molar-refractivity contribution in [2.75, 3.05) is 0 Å². The van der Waals surface area contributed by atoms with Crippen LogP contribution in [0.15, 0.2) is 47.3 Å². The number of rotatable bonds is 5. The summed E-state index contributed by atoms with van der Waals surface area (Å²) < 4.78 is 0. The van der Waals surface area contributed by atoms with Crippen molar-refractivity contribution in [3.63, 3.8) is 0 Å². The minimum atomic E-state index is -0.782. The summed E-state index contributed by atoms with van der Waals surface area (Å²) in [6.45, 7) is 3.91. The summed E-state index contributed by atoms with van der Waals surface area (Å²) >= 11 is 0. The number of hydrogen-bond donors (Lipinski definition) is 1. The van der Waals surface area contributed by atoms with E-state index in [2.05, 4.69) is 16.0 Å². The Morgan fingerprint density at radius 1 is 1.15 bits per heavy atom. The SMILES string of the molecule is CCc1cc2ccc(C(C#N)(CC)Cc3cccc(C#N)n3)cc2[nH]c1=O. The molecular weight excluding hydrogens is 336 g/mol. The molecule has 27 heavy (non-hydrogen) atoms. The molecule has 0 aliphatic heterocycles. The molecule has 3 aromatic rings. The van der Waals surface area contributed by atoms with Gasteiger partial charge >= 0.3 is 0 Å². The van der Waals surface area contributed by atoms with Crippen LogP contribution in [0.2, 0.25) is 0 Å². The number of pyridine rings is 2. The molecule has 0 saturated heterocycles. The van der Waals surface area contributed by atoms with Crippen LogP contribution in [-0.4, -0.2) is 9.97 Å². The molecule has 0 amide bonds. The molecule has 3 rings (SSSR count). The number of aromatic nitrogens is 2. The fourth-order valence-electron chi connectivity index (χ4n) is 3.37. The van der Waals surface area contributed by atoms with Gasteiger partial charge in [-0.25, -0.2) is 4.98 Å². The number of aromatic amines is 1. The first-order chi connectivity index (χ1) is 13.0. The summed E-state index contributed by atoms with van der Waals surface area (Å²) in [5, 5.41) is 20.0. The number of nitrogens with zero attached hydrogens (tertiary/aromatic N) is 3. The lowest BCUT2D eigenvalue weighted by Gasteiger charge is -2.26. The number of aryl methyl sites for hydroxylation is 1. The monoisotopic (exact) mass is 356 g/mol. The molecule has 1 atom stereocenters. The van der Waals surface area contributed by atoms with Gasteiger partial charge in [-0.05, 0) is 48.1 Å². The van der Waals surface area contributed by atoms with Gasteiger partial charge in [0, 0.05) is 23.2 Å². The Bertz CT molecular complexity index is 1130. The fraction of sp³-hybridized carbons (Fsp3) is 0.273. The largest absolute Gasteiger partial charge is 0.322 e. The lowest BCUT2D eigenvalue weighted by Crippen LogP contribution is -2.27. The number of nitrogens with one attached hydrogen (secondary N) is 1. The zero-order valence-electron chi connectivity index (χ0n) is 15.4. The van der Waals surface area contributed by atoms with Crippen LogP contribution in [0.3, 0.4) is 0 Å². The van der Waals surface area contributed by atoms with E-state index in [1.54, 1.807) is 12.1 Å². The number of fused-ring (bicyclic) bond motifs is 1. The molecule has 1 aromatic carbocycles. The van der Waals surface area contributed by atoms with Crippen LogP contribution < -0.4 is 5.56 Å². The van der Waals surface area contributed by atoms with Crippen molar-refractivity contribution < 1.29 is 0 Å². The smallest absolute Gasteiger partial charge is 0.251 e. The molecule has 1 unspecified atom stereocenters. The summed E-state index contributed by atoms with van der Waals surface area (Å²) in [6.07, 6.45) is 1.66. The lowest BCUT2D eigenvalue weighted by molar-refractivity contribution is 0.519. The average Bonchev–Trinajstić information content (AvgIpc) is 2.71. The number of H-pyrrole nitrogens is 1. The standard InChI is InChI=1S/C22H20N4O/c1-3-15-10-16-8-9-17(11-20(16)26-21(15)27)22(4-2,14-24)12-18-6-5-7-19(13-23)25-18/h5-11H,3-4,12H2,1-2H3,(H,26,27). The molecule has 0 spiro atoms. The Labute approximate surface area is 157 Å². The highest BCUT2D eigenvalue weighted by Gasteiger charge is 2.31. The molecule has 0 aliphatic carbocycles. The van der Waals surface area contributed by atoms with Gasteiger partial charge in [-0.1, -0.05) is 32.0 Å². The van der Waals surface area contributed by atoms with E-state index in [-0.39, 0.29) is 5.56 Å². The third-order valence-electron chi connectivity index (χ3n) is 5.08. The molecule has 0 saturated carbocycles. The van der Waals surface area contributed by atoms with Crippen molar-refractivity contribution in [3.05, 3.63) is 75.3 Å². The lowest BCUT2D eigenvalue weighted by atomic mass is 9.75. The predicted octanol–water partition coefficient (Wildman–Crippen LogP) is 3.77. The van der Waals surface area contributed by atoms with Crippen LogP contribution in [0.25, 0.3) is 10.9 Å². The first-order valence-electron chi connectivity index (χ1n) is 8.99. The van der Waals surface area contributed by atoms with Gasteiger partial charge in [0.05, 0.1) is 11.5 Å². The van der Waals surface area contributed by atoms with Crippen LogP contribution in [0.1, 0.15) is 42.8 Å². The van der Waals surface area contributed by atoms with Gasteiger partial charge in [-0.15, -0.1) is 0 Å². The van der Waals surface area contributed by atoms with E-state index in [1.165, 1.54) is 0 Å². The van der Waals surface area contributed by atoms with Gasteiger partial charge in [-0.3, -0.25) is 4.79 Å². The van der Waals surface area contributed by atoms with E-state index in [4.69, 9.17) is 5.26 Å². The first kappa shape index (κ1) is 18.4. The van der Waals surface area contributed by atoms with Crippen molar-refractivity contribution in [1.82, 2.24) is 9.97 Å². The van der Waals surface area contributed by atoms with Crippen molar-refractivity contribution in [3.8, 4) is 12.1 Å². The van der Waals surface area contributed by atoms with Gasteiger partial charge in [0.1, 0.15) is 11.8 Å². The van der Waals surface area contributed by atoms with E-state index >= 15 is 0 Å². The maximum Gasteiger partial charge on any atom is 0.251 e. The molecule has 5 heteroatoms. The van der Waals surface area contributed by atoms with Gasteiger partial charge in [0.15, 0.2) is 0 Å². The Morgan fingerprint density at radius 2 is 1.96 bits per heavy atom. The van der Waals surface area contributed by atoms with Crippen molar-refractivity contribution >= 4 is 10.9 Å². The zero-order valence-corrected chi connectivity index (χ0v) is 15.4. The topological polar surface area (TPSA) is 93.3 Å². The van der Waals surface area contributed by atoms with Crippen molar-refractivity contribution in [1.29, 1.82) is 10.5 Å². The van der Waals surface area contributed by atoms with Gasteiger partial charge in [0.25, 0.3) is 5.56 Å². The third kappa shape index (κ3) is 3.45. The second-order valence-electron chi connectivity index (χ2n) is 6.63. The zero-order chi connectivity index (χ0) is 19.4. The van der Waals surface area contributed by atoms with Crippen LogP contribution in [0.5, 0.6) is 0 Å². The minimum Gasteiger partial charge on any atom is -0.322 e. The summed E-state index contributed by atoms with van der Waals surface area (Å²) in [6, 6.07) is 17.4. The molecule has 1 N–H and O–H groups in total. The normalized spacial score (nSPS) is 12.9. The molecule has 0 aliphatic rings. The highest BCUT2D eigenvalue weighted by molar-refractivity contribution is 5.80. The molecule has 5 nitrogen and oxygen atoms in total. The average molecular weight is 356 g/mol. The molecule has 0 radical (unpaired) electrons. The van der Waals surface area contributed by atoms with Gasteiger partial charge in [0.2, 0.25) is 0 Å². The van der Waals surface area contributed by atoms with Crippen molar-refractivity contribution in [2.24, 2.45) is 0 Å². The molecular formula is C22H20N4O. The molecule has 0 bridgehead atoms. The summed E-state index contributed by atoms with van der Waals surface area (Å²) in [7, 11) is 0. The maximum absolute atomic E-state index is 12.2. The Kier molecular flexibility index (Phi) is 5.05. The van der Waals surface area contributed by atoms with Crippen LogP contribution in [-0.2, 0) is 18.3 Å². The second kappa shape index (κ2) is 7.43. The van der Waals surface area contributed by atoms with E-state index < -0.39 is 5.41 Å². The fourth-order valence-corrected chi connectivity index (χ4v) is 3.37. The Balaban J connectivity index is 2.09. The molecule has 2 heterocycles. The van der Waals surface area contributed by atoms with E-state index in [0.717, 1.165) is 22.0 Å². The van der Waals surface area contributed by atoms with Crippen LogP contribution in [0, 0.1) is 22.7 Å². The molecule has 0 fully saturated rings. The van der Waals surface area contributed by atoms with E-state index in [0.29, 0.717) is 30.7 Å². The van der Waals surface area contributed by atoms with Crippen molar-refractivity contribution in [2.45, 2.75) is 38.5 Å². The number of benzene rings is 1. The summed E-state index contributed by atoms with van der Waals surface area (Å²) in [5.41, 5.74) is 2.47. The van der Waals surface area contributed by atoms with E-state index in [9.17, 15) is 10.1 Å². The van der Waals surface area contributed by atoms with Gasteiger partial charge in [-0.2, -0.15) is 10.5 Å². The van der Waals surface area contributed by atoms with Crippen LogP contribution in [0.4, 0.5) is 0 Å². The first-order valence-corrected chi connectivity index (χ1v) is 8.99. The summed E-state index contributed by atoms with van der Waals surface area (Å²) in [5.74, 6) is 0. The quantitative estimate of drug-likeness (QED) is 0.753.